The molecule has 0 aromatic carbocycles. The van der Waals surface area contributed by atoms with Gasteiger partial charge in [0.2, 0.25) is 0 Å². The Kier molecular flexibility index (Phi) is 2.32. The lowest BCUT2D eigenvalue weighted by molar-refractivity contribution is 0.367. The van der Waals surface area contributed by atoms with E-state index in [0.717, 1.165) is 24.1 Å². The summed E-state index contributed by atoms with van der Waals surface area (Å²) in [6.45, 7) is 2.08. The van der Waals surface area contributed by atoms with Gasteiger partial charge in [-0.25, -0.2) is 4.99 Å². The van der Waals surface area contributed by atoms with Gasteiger partial charge in [-0.05, 0) is 12.5 Å². The molecule has 2 heterocycles. The zero-order valence-corrected chi connectivity index (χ0v) is 8.70. The fraction of sp³-hybridized carbons (Fsp3) is 0.400. The number of rotatable bonds is 2. The molecule has 1 aliphatic heterocycles. The Hall–Kier alpha value is -1.62. The van der Waals surface area contributed by atoms with E-state index in [4.69, 9.17) is 11.5 Å². The first-order chi connectivity index (χ1) is 7.15. The number of fused-ring (bicyclic) bond motifs is 1. The van der Waals surface area contributed by atoms with Crippen LogP contribution in [0.1, 0.15) is 25.3 Å². The van der Waals surface area contributed by atoms with E-state index in [1.807, 2.05) is 6.07 Å². The molecule has 0 radical (unpaired) electrons. The van der Waals surface area contributed by atoms with Crippen LogP contribution in [0.2, 0.25) is 0 Å². The van der Waals surface area contributed by atoms with Crippen molar-refractivity contribution in [1.82, 2.24) is 10.3 Å². The highest BCUT2D eigenvalue weighted by molar-refractivity contribution is 5.84. The second kappa shape index (κ2) is 3.51. The van der Waals surface area contributed by atoms with E-state index in [0.29, 0.717) is 5.96 Å². The number of pyridine rings is 1. The Morgan fingerprint density at radius 1 is 1.53 bits per heavy atom. The molecule has 15 heavy (non-hydrogen) atoms. The van der Waals surface area contributed by atoms with E-state index in [2.05, 4.69) is 22.2 Å². The van der Waals surface area contributed by atoms with E-state index in [1.165, 1.54) is 0 Å². The van der Waals surface area contributed by atoms with Crippen molar-refractivity contribution in [2.24, 2.45) is 16.5 Å². The van der Waals surface area contributed by atoms with Gasteiger partial charge in [0.25, 0.3) is 0 Å². The highest BCUT2D eigenvalue weighted by Crippen LogP contribution is 2.31. The molecule has 1 aromatic heterocycles. The van der Waals surface area contributed by atoms with E-state index in [9.17, 15) is 0 Å². The third-order valence-electron chi connectivity index (χ3n) is 2.52. The summed E-state index contributed by atoms with van der Waals surface area (Å²) in [7, 11) is 0. The molecule has 1 aliphatic rings. The van der Waals surface area contributed by atoms with Gasteiger partial charge in [-0.1, -0.05) is 13.3 Å². The first-order valence-electron chi connectivity index (χ1n) is 5.01. The number of nitrogens with one attached hydrogen (secondary N) is 1. The molecule has 0 fully saturated rings. The third-order valence-corrected chi connectivity index (χ3v) is 2.52. The number of hydrogen-bond donors (Lipinski definition) is 3. The van der Waals surface area contributed by atoms with Crippen LogP contribution in [0.5, 0.6) is 0 Å². The second-order valence-corrected chi connectivity index (χ2v) is 3.74. The first kappa shape index (κ1) is 9.92. The summed E-state index contributed by atoms with van der Waals surface area (Å²) in [4.78, 5) is 8.18. The van der Waals surface area contributed by atoms with Gasteiger partial charge in [0, 0.05) is 11.8 Å². The van der Waals surface area contributed by atoms with Gasteiger partial charge < -0.3 is 16.8 Å². The van der Waals surface area contributed by atoms with Crippen LogP contribution < -0.4 is 16.8 Å². The van der Waals surface area contributed by atoms with E-state index in [1.54, 1.807) is 12.4 Å². The number of hydrogen-bond acceptors (Lipinski definition) is 5. The van der Waals surface area contributed by atoms with Gasteiger partial charge in [-0.3, -0.25) is 4.98 Å². The predicted octanol–water partition coefficient (Wildman–Crippen LogP) is 0.543. The van der Waals surface area contributed by atoms with Crippen LogP contribution >= 0.6 is 0 Å². The molecule has 1 atom stereocenters. The monoisotopic (exact) mass is 205 g/mol. The van der Waals surface area contributed by atoms with Crippen LogP contribution in [-0.2, 0) is 5.66 Å². The van der Waals surface area contributed by atoms with E-state index < -0.39 is 5.66 Å². The summed E-state index contributed by atoms with van der Waals surface area (Å²) in [6.07, 6.45) is 5.17. The van der Waals surface area contributed by atoms with E-state index in [-0.39, 0.29) is 0 Å². The summed E-state index contributed by atoms with van der Waals surface area (Å²) in [6, 6.07) is 1.88. The lowest BCUT2D eigenvalue weighted by atomic mass is 9.94. The molecule has 0 spiro atoms. The van der Waals surface area contributed by atoms with Crippen LogP contribution in [0, 0.1) is 0 Å². The Balaban J connectivity index is 2.50. The minimum atomic E-state index is -0.612. The summed E-state index contributed by atoms with van der Waals surface area (Å²) in [5.41, 5.74) is 13.1. The van der Waals surface area contributed by atoms with Gasteiger partial charge in [0.05, 0.1) is 11.9 Å². The van der Waals surface area contributed by atoms with Gasteiger partial charge in [-0.15, -0.1) is 0 Å². The van der Waals surface area contributed by atoms with Crippen molar-refractivity contribution >= 4 is 11.6 Å². The largest absolute Gasteiger partial charge is 0.370 e. The fourth-order valence-electron chi connectivity index (χ4n) is 1.90. The van der Waals surface area contributed by atoms with Gasteiger partial charge in [-0.2, -0.15) is 0 Å². The molecule has 5 nitrogen and oxygen atoms in total. The molecule has 5 N–H and O–H groups in total. The van der Waals surface area contributed by atoms with Crippen LogP contribution in [-0.4, -0.2) is 10.9 Å². The summed E-state index contributed by atoms with van der Waals surface area (Å²) in [5.74, 6) is 0.353. The van der Waals surface area contributed by atoms with Crippen molar-refractivity contribution in [3.8, 4) is 0 Å². The normalized spacial score (nSPS) is 24.0. The van der Waals surface area contributed by atoms with Crippen molar-refractivity contribution in [2.45, 2.75) is 25.4 Å². The van der Waals surface area contributed by atoms with Crippen LogP contribution in [0.4, 0.5) is 5.69 Å². The molecule has 0 bridgehead atoms. The molecule has 5 heteroatoms. The maximum atomic E-state index is 6.27. The lowest BCUT2D eigenvalue weighted by Crippen LogP contribution is -2.56. The Labute approximate surface area is 88.6 Å². The minimum Gasteiger partial charge on any atom is -0.370 e. The van der Waals surface area contributed by atoms with E-state index >= 15 is 0 Å². The molecule has 0 aliphatic carbocycles. The minimum absolute atomic E-state index is 0.353. The number of guanidine groups is 1. The molecule has 80 valence electrons. The SMILES string of the molecule is CCCC1(N)NC(N)=Nc2cnccc21. The van der Waals surface area contributed by atoms with Crippen molar-refractivity contribution in [2.75, 3.05) is 0 Å². The molecule has 1 aromatic rings. The van der Waals surface area contributed by atoms with Crippen LogP contribution in [0.3, 0.4) is 0 Å². The lowest BCUT2D eigenvalue weighted by Gasteiger charge is -2.35. The summed E-state index contributed by atoms with van der Waals surface area (Å²) >= 11 is 0. The van der Waals surface area contributed by atoms with Gasteiger partial charge >= 0.3 is 0 Å². The highest BCUT2D eigenvalue weighted by atomic mass is 15.2. The molecule has 1 unspecified atom stereocenters. The standard InChI is InChI=1S/C10H15N5/c1-2-4-10(12)7-3-5-13-6-8(7)14-9(11)15-10/h3,5-6H,2,4,12H2,1H3,(H3,11,14,15). The maximum Gasteiger partial charge on any atom is 0.195 e. The summed E-state index contributed by atoms with van der Waals surface area (Å²) < 4.78 is 0. The fourth-order valence-corrected chi connectivity index (χ4v) is 1.90. The van der Waals surface area contributed by atoms with Crippen molar-refractivity contribution < 1.29 is 0 Å². The molecular formula is C10H15N5. The van der Waals surface area contributed by atoms with Crippen LogP contribution in [0.15, 0.2) is 23.5 Å². The molecule has 0 saturated heterocycles. The quantitative estimate of drug-likeness (QED) is 0.657. The predicted molar refractivity (Wildman–Crippen MR) is 59.4 cm³/mol. The average molecular weight is 205 g/mol. The highest BCUT2D eigenvalue weighted by Gasteiger charge is 2.32. The second-order valence-electron chi connectivity index (χ2n) is 3.74. The Bertz CT molecular complexity index is 401. The summed E-state index contributed by atoms with van der Waals surface area (Å²) in [5, 5.41) is 3.03. The number of aliphatic imine (C=N–C) groups is 1. The third kappa shape index (κ3) is 1.66. The molecular weight excluding hydrogens is 190 g/mol. The van der Waals surface area contributed by atoms with Crippen LogP contribution in [0.25, 0.3) is 0 Å². The topological polar surface area (TPSA) is 89.3 Å². The molecule has 2 rings (SSSR count). The average Bonchev–Trinajstić information content (AvgIpc) is 2.17. The molecule has 0 amide bonds. The number of nitrogens with two attached hydrogens (primary N) is 2. The number of nitrogens with zero attached hydrogens (tertiary/aromatic N) is 2. The van der Waals surface area contributed by atoms with Crippen molar-refractivity contribution in [1.29, 1.82) is 0 Å². The maximum absolute atomic E-state index is 6.27. The smallest absolute Gasteiger partial charge is 0.195 e. The van der Waals surface area contributed by atoms with Gasteiger partial charge in [0.1, 0.15) is 5.66 Å². The molecule has 0 saturated carbocycles. The Morgan fingerprint density at radius 3 is 3.07 bits per heavy atom. The Morgan fingerprint density at radius 2 is 2.33 bits per heavy atom. The zero-order chi connectivity index (χ0) is 10.9. The van der Waals surface area contributed by atoms with Crippen molar-refractivity contribution in [3.63, 3.8) is 0 Å². The van der Waals surface area contributed by atoms with Crippen molar-refractivity contribution in [3.05, 3.63) is 24.0 Å². The number of aromatic nitrogens is 1. The van der Waals surface area contributed by atoms with Gasteiger partial charge in [0.15, 0.2) is 5.96 Å². The first-order valence-corrected chi connectivity index (χ1v) is 5.01. The zero-order valence-electron chi connectivity index (χ0n) is 8.70.